The molecule has 92 valence electrons. The molecule has 0 bridgehead atoms. The lowest BCUT2D eigenvalue weighted by Gasteiger charge is -2.52. The van der Waals surface area contributed by atoms with Gasteiger partial charge in [0.1, 0.15) is 0 Å². The zero-order valence-corrected chi connectivity index (χ0v) is 11.0. The summed E-state index contributed by atoms with van der Waals surface area (Å²) in [6.07, 6.45) is 5.99. The van der Waals surface area contributed by atoms with Crippen molar-refractivity contribution < 1.29 is 5.11 Å². The molecule has 0 aliphatic heterocycles. The van der Waals surface area contributed by atoms with E-state index in [0.717, 1.165) is 6.42 Å². The molecule has 0 saturated heterocycles. The van der Waals surface area contributed by atoms with Crippen LogP contribution in [0.25, 0.3) is 0 Å². The summed E-state index contributed by atoms with van der Waals surface area (Å²) in [7, 11) is 0. The molecule has 2 rings (SSSR count). The average molecular weight is 222 g/mol. The smallest absolute Gasteiger partial charge is 0.0641 e. The standard InChI is InChI=1S/C15H26O/c1-10(2)12-7-9-15(4)8-5-6-11(3)13(15)14(12)16/h10,12-14,16H,3,5-9H2,1-2,4H3/t12-,13+,14-,15+/m0/s1. The number of aliphatic hydroxyl groups is 1. The monoisotopic (exact) mass is 222 g/mol. The van der Waals surface area contributed by atoms with Gasteiger partial charge in [-0.2, -0.15) is 0 Å². The van der Waals surface area contributed by atoms with E-state index in [9.17, 15) is 5.11 Å². The summed E-state index contributed by atoms with van der Waals surface area (Å²) < 4.78 is 0. The molecule has 1 heteroatoms. The van der Waals surface area contributed by atoms with Gasteiger partial charge >= 0.3 is 0 Å². The summed E-state index contributed by atoms with van der Waals surface area (Å²) in [5.74, 6) is 1.43. The molecule has 2 saturated carbocycles. The molecule has 0 aromatic rings. The van der Waals surface area contributed by atoms with Crippen molar-refractivity contribution in [2.45, 2.75) is 59.0 Å². The summed E-state index contributed by atoms with van der Waals surface area (Å²) in [5, 5.41) is 10.6. The SMILES string of the molecule is C=C1CCC[C@]2(C)CC[C@@H](C(C)C)[C@H](O)[C@@H]12. The second kappa shape index (κ2) is 4.18. The summed E-state index contributed by atoms with van der Waals surface area (Å²) in [5.41, 5.74) is 1.65. The Hall–Kier alpha value is -0.300. The second-order valence-electron chi connectivity index (χ2n) is 6.58. The van der Waals surface area contributed by atoms with Crippen molar-refractivity contribution in [2.24, 2.45) is 23.2 Å². The molecule has 2 fully saturated rings. The molecule has 0 aromatic carbocycles. The number of rotatable bonds is 1. The van der Waals surface area contributed by atoms with Gasteiger partial charge < -0.3 is 5.11 Å². The minimum Gasteiger partial charge on any atom is -0.392 e. The van der Waals surface area contributed by atoms with Crippen molar-refractivity contribution in [3.63, 3.8) is 0 Å². The fourth-order valence-electron chi connectivity index (χ4n) is 4.10. The summed E-state index contributed by atoms with van der Waals surface area (Å²) >= 11 is 0. The quantitative estimate of drug-likeness (QED) is 0.669. The van der Waals surface area contributed by atoms with Crippen LogP contribution in [0.5, 0.6) is 0 Å². The van der Waals surface area contributed by atoms with Gasteiger partial charge in [0.2, 0.25) is 0 Å². The molecule has 0 heterocycles. The maximum absolute atomic E-state index is 10.6. The van der Waals surface area contributed by atoms with Gasteiger partial charge in [0.05, 0.1) is 6.10 Å². The normalized spacial score (nSPS) is 44.6. The van der Waals surface area contributed by atoms with E-state index in [1.54, 1.807) is 0 Å². The third kappa shape index (κ3) is 1.84. The lowest BCUT2D eigenvalue weighted by Crippen LogP contribution is -2.48. The lowest BCUT2D eigenvalue weighted by atomic mass is 9.54. The van der Waals surface area contributed by atoms with Crippen molar-refractivity contribution in [2.75, 3.05) is 0 Å². The summed E-state index contributed by atoms with van der Waals surface area (Å²) in [4.78, 5) is 0. The van der Waals surface area contributed by atoms with Crippen LogP contribution in [0.4, 0.5) is 0 Å². The van der Waals surface area contributed by atoms with E-state index in [0.29, 0.717) is 23.2 Å². The van der Waals surface area contributed by atoms with E-state index < -0.39 is 0 Å². The predicted octanol–water partition coefficient (Wildman–Crippen LogP) is 3.78. The van der Waals surface area contributed by atoms with Gasteiger partial charge in [0.25, 0.3) is 0 Å². The Kier molecular flexibility index (Phi) is 3.18. The van der Waals surface area contributed by atoms with E-state index in [-0.39, 0.29) is 6.10 Å². The minimum absolute atomic E-state index is 0.147. The van der Waals surface area contributed by atoms with Crippen LogP contribution in [0.2, 0.25) is 0 Å². The highest BCUT2D eigenvalue weighted by Gasteiger charge is 2.48. The average Bonchev–Trinajstić information content (AvgIpc) is 2.16. The Morgan fingerprint density at radius 2 is 2.06 bits per heavy atom. The Labute approximate surface area is 99.9 Å². The molecule has 4 atom stereocenters. The van der Waals surface area contributed by atoms with Crippen molar-refractivity contribution in [1.82, 2.24) is 0 Å². The first-order chi connectivity index (χ1) is 7.46. The fourth-order valence-corrected chi connectivity index (χ4v) is 4.10. The van der Waals surface area contributed by atoms with Crippen molar-refractivity contribution in [3.8, 4) is 0 Å². The van der Waals surface area contributed by atoms with Crippen LogP contribution in [0.1, 0.15) is 52.9 Å². The molecular formula is C15H26O. The topological polar surface area (TPSA) is 20.2 Å². The van der Waals surface area contributed by atoms with Crippen LogP contribution >= 0.6 is 0 Å². The van der Waals surface area contributed by atoms with Crippen molar-refractivity contribution >= 4 is 0 Å². The van der Waals surface area contributed by atoms with E-state index in [4.69, 9.17) is 0 Å². The molecule has 1 nitrogen and oxygen atoms in total. The van der Waals surface area contributed by atoms with Crippen LogP contribution < -0.4 is 0 Å². The minimum atomic E-state index is -0.147. The number of fused-ring (bicyclic) bond motifs is 1. The van der Waals surface area contributed by atoms with Crippen molar-refractivity contribution in [1.29, 1.82) is 0 Å². The third-order valence-electron chi connectivity index (χ3n) is 5.12. The maximum atomic E-state index is 10.6. The van der Waals surface area contributed by atoms with E-state index >= 15 is 0 Å². The Bertz CT molecular complexity index is 281. The van der Waals surface area contributed by atoms with E-state index in [1.165, 1.54) is 31.3 Å². The Morgan fingerprint density at radius 1 is 1.38 bits per heavy atom. The lowest BCUT2D eigenvalue weighted by molar-refractivity contribution is -0.0669. The van der Waals surface area contributed by atoms with Gasteiger partial charge in [-0.1, -0.05) is 32.9 Å². The molecular weight excluding hydrogens is 196 g/mol. The molecule has 0 unspecified atom stereocenters. The molecule has 0 amide bonds. The van der Waals surface area contributed by atoms with Crippen LogP contribution in [0, 0.1) is 23.2 Å². The molecule has 1 N–H and O–H groups in total. The van der Waals surface area contributed by atoms with Crippen molar-refractivity contribution in [3.05, 3.63) is 12.2 Å². The predicted molar refractivity (Wildman–Crippen MR) is 68.2 cm³/mol. The molecule has 0 spiro atoms. The molecule has 2 aliphatic carbocycles. The number of hydrogen-bond acceptors (Lipinski definition) is 1. The van der Waals surface area contributed by atoms with E-state index in [2.05, 4.69) is 27.4 Å². The van der Waals surface area contributed by atoms with E-state index in [1.807, 2.05) is 0 Å². The highest BCUT2D eigenvalue weighted by molar-refractivity contribution is 5.15. The molecule has 16 heavy (non-hydrogen) atoms. The van der Waals surface area contributed by atoms with Crippen LogP contribution in [-0.2, 0) is 0 Å². The van der Waals surface area contributed by atoms with Crippen LogP contribution in [0.3, 0.4) is 0 Å². The molecule has 0 aromatic heterocycles. The zero-order valence-electron chi connectivity index (χ0n) is 11.0. The maximum Gasteiger partial charge on any atom is 0.0641 e. The first-order valence-electron chi connectivity index (χ1n) is 6.81. The summed E-state index contributed by atoms with van der Waals surface area (Å²) in [6, 6.07) is 0. The fraction of sp³-hybridized carbons (Fsp3) is 0.867. The highest BCUT2D eigenvalue weighted by Crippen LogP contribution is 2.54. The largest absolute Gasteiger partial charge is 0.392 e. The molecule has 2 aliphatic rings. The van der Waals surface area contributed by atoms with Crippen LogP contribution in [-0.4, -0.2) is 11.2 Å². The Balaban J connectivity index is 2.24. The first-order valence-corrected chi connectivity index (χ1v) is 6.81. The van der Waals surface area contributed by atoms with Gasteiger partial charge in [0.15, 0.2) is 0 Å². The number of hydrogen-bond donors (Lipinski definition) is 1. The van der Waals surface area contributed by atoms with Gasteiger partial charge in [-0.05, 0) is 49.4 Å². The van der Waals surface area contributed by atoms with Gasteiger partial charge in [-0.25, -0.2) is 0 Å². The molecule has 0 radical (unpaired) electrons. The Morgan fingerprint density at radius 3 is 2.69 bits per heavy atom. The van der Waals surface area contributed by atoms with Gasteiger partial charge in [-0.15, -0.1) is 0 Å². The van der Waals surface area contributed by atoms with Gasteiger partial charge in [-0.3, -0.25) is 0 Å². The first kappa shape index (κ1) is 12.2. The third-order valence-corrected chi connectivity index (χ3v) is 5.12. The van der Waals surface area contributed by atoms with Crippen LogP contribution in [0.15, 0.2) is 12.2 Å². The summed E-state index contributed by atoms with van der Waals surface area (Å²) in [6.45, 7) is 11.1. The van der Waals surface area contributed by atoms with Gasteiger partial charge in [0, 0.05) is 5.92 Å². The number of aliphatic hydroxyl groups excluding tert-OH is 1. The zero-order chi connectivity index (χ0) is 11.9. The second-order valence-corrected chi connectivity index (χ2v) is 6.58. The highest BCUT2D eigenvalue weighted by atomic mass is 16.3.